The van der Waals surface area contributed by atoms with Crippen molar-refractivity contribution in [2.45, 2.75) is 33.1 Å². The van der Waals surface area contributed by atoms with Crippen LogP contribution in [-0.4, -0.2) is 20.9 Å². The second-order valence-electron chi connectivity index (χ2n) is 6.31. The number of hydrogen-bond donors (Lipinski definition) is 2. The van der Waals surface area contributed by atoms with Gasteiger partial charge in [-0.05, 0) is 47.9 Å². The third-order valence-electron chi connectivity index (χ3n) is 3.82. The minimum Gasteiger partial charge on any atom is -0.269 e. The number of benzene rings is 1. The zero-order chi connectivity index (χ0) is 19.2. The van der Waals surface area contributed by atoms with Gasteiger partial charge in [-0.15, -0.1) is 11.3 Å². The fourth-order valence-electron chi connectivity index (χ4n) is 2.29. The summed E-state index contributed by atoms with van der Waals surface area (Å²) in [4.78, 5) is 13.2. The molecule has 0 atom stereocenters. The molecule has 0 saturated heterocycles. The molecular formula is C19H24N2O3S2. The minimum absolute atomic E-state index is 0.239. The zero-order valence-electron chi connectivity index (χ0n) is 15.2. The monoisotopic (exact) mass is 392 g/mol. The highest BCUT2D eigenvalue weighted by Gasteiger charge is 2.15. The van der Waals surface area contributed by atoms with Gasteiger partial charge in [0.15, 0.2) is 0 Å². The van der Waals surface area contributed by atoms with Crippen molar-refractivity contribution in [3.05, 3.63) is 63.4 Å². The van der Waals surface area contributed by atoms with Crippen molar-refractivity contribution in [3.8, 4) is 0 Å². The first-order valence-corrected chi connectivity index (χ1v) is 10.8. The van der Waals surface area contributed by atoms with Gasteiger partial charge < -0.3 is 0 Å². The van der Waals surface area contributed by atoms with Crippen LogP contribution in [0.25, 0.3) is 6.08 Å². The molecule has 2 aromatic rings. The number of carbonyl (C=O) groups is 1. The van der Waals surface area contributed by atoms with Gasteiger partial charge in [0, 0.05) is 17.0 Å². The molecule has 0 unspecified atom stereocenters. The first-order valence-electron chi connectivity index (χ1n) is 8.39. The molecule has 26 heavy (non-hydrogen) atoms. The largest absolute Gasteiger partial charge is 0.301 e. The topological polar surface area (TPSA) is 75.3 Å². The standard InChI is InChI=1S/C19H24N2O3S2/c1-14(2)17-8-6-16(7-9-17)13-15(3)19(22)21-26(23,24)20-11-10-18-5-4-12-25-18/h4-9,12-14,20H,10-11H2,1-3H3,(H,21,22). The van der Waals surface area contributed by atoms with E-state index in [1.807, 2.05) is 46.5 Å². The minimum atomic E-state index is -3.88. The number of amides is 1. The van der Waals surface area contributed by atoms with Crippen molar-refractivity contribution in [3.63, 3.8) is 0 Å². The van der Waals surface area contributed by atoms with E-state index in [0.717, 1.165) is 10.4 Å². The second kappa shape index (κ2) is 9.12. The predicted molar refractivity (Wildman–Crippen MR) is 107 cm³/mol. The van der Waals surface area contributed by atoms with Crippen LogP contribution >= 0.6 is 11.3 Å². The van der Waals surface area contributed by atoms with Crippen LogP contribution < -0.4 is 9.44 Å². The normalized spacial score (nSPS) is 12.4. The number of hydrogen-bond acceptors (Lipinski definition) is 4. The molecule has 0 saturated carbocycles. The third-order valence-corrected chi connectivity index (χ3v) is 5.79. The first-order chi connectivity index (χ1) is 12.3. The molecule has 7 heteroatoms. The maximum Gasteiger partial charge on any atom is 0.301 e. The average molecular weight is 393 g/mol. The molecule has 2 N–H and O–H groups in total. The second-order valence-corrected chi connectivity index (χ2v) is 8.84. The number of rotatable bonds is 8. The summed E-state index contributed by atoms with van der Waals surface area (Å²) in [6, 6.07) is 11.7. The molecule has 2 rings (SSSR count). The van der Waals surface area contributed by atoms with E-state index in [-0.39, 0.29) is 6.54 Å². The van der Waals surface area contributed by atoms with Crippen LogP contribution in [0.3, 0.4) is 0 Å². The lowest BCUT2D eigenvalue weighted by Crippen LogP contribution is -2.41. The molecule has 0 aliphatic heterocycles. The Balaban J connectivity index is 1.91. The first kappa shape index (κ1) is 20.4. The summed E-state index contributed by atoms with van der Waals surface area (Å²) >= 11 is 1.56. The quantitative estimate of drug-likeness (QED) is 0.676. The maximum atomic E-state index is 12.1. The van der Waals surface area contributed by atoms with E-state index in [4.69, 9.17) is 0 Å². The molecule has 1 aromatic heterocycles. The van der Waals surface area contributed by atoms with Crippen LogP contribution in [0.5, 0.6) is 0 Å². The van der Waals surface area contributed by atoms with Gasteiger partial charge in [-0.1, -0.05) is 44.2 Å². The van der Waals surface area contributed by atoms with E-state index >= 15 is 0 Å². The lowest BCUT2D eigenvalue weighted by atomic mass is 10.0. The molecular weight excluding hydrogens is 368 g/mol. The summed E-state index contributed by atoms with van der Waals surface area (Å²) in [5, 5.41) is 1.94. The molecule has 1 heterocycles. The molecule has 0 aliphatic carbocycles. The van der Waals surface area contributed by atoms with E-state index < -0.39 is 16.1 Å². The molecule has 0 aliphatic rings. The highest BCUT2D eigenvalue weighted by atomic mass is 32.2. The van der Waals surface area contributed by atoms with Gasteiger partial charge in [0.2, 0.25) is 0 Å². The van der Waals surface area contributed by atoms with Crippen LogP contribution in [0.2, 0.25) is 0 Å². The Morgan fingerprint density at radius 3 is 2.46 bits per heavy atom. The fourth-order valence-corrected chi connectivity index (χ4v) is 3.85. The fraction of sp³-hybridized carbons (Fsp3) is 0.316. The van der Waals surface area contributed by atoms with Crippen molar-refractivity contribution in [2.75, 3.05) is 6.54 Å². The van der Waals surface area contributed by atoms with E-state index in [1.54, 1.807) is 24.3 Å². The zero-order valence-corrected chi connectivity index (χ0v) is 16.8. The summed E-state index contributed by atoms with van der Waals surface area (Å²) < 4.78 is 28.4. The summed E-state index contributed by atoms with van der Waals surface area (Å²) in [5.41, 5.74) is 2.39. The van der Waals surface area contributed by atoms with E-state index in [9.17, 15) is 13.2 Å². The SMILES string of the molecule is CC(=Cc1ccc(C(C)C)cc1)C(=O)NS(=O)(=O)NCCc1cccs1. The van der Waals surface area contributed by atoms with E-state index in [1.165, 1.54) is 5.56 Å². The molecule has 0 spiro atoms. The van der Waals surface area contributed by atoms with Crippen LogP contribution in [0.1, 0.15) is 42.7 Å². The molecule has 1 amide bonds. The molecule has 0 fully saturated rings. The van der Waals surface area contributed by atoms with E-state index in [0.29, 0.717) is 17.9 Å². The van der Waals surface area contributed by atoms with Crippen molar-refractivity contribution in [2.24, 2.45) is 0 Å². The summed E-state index contributed by atoms with van der Waals surface area (Å²) in [5.74, 6) is -0.204. The van der Waals surface area contributed by atoms with Gasteiger partial charge in [0.05, 0.1) is 0 Å². The van der Waals surface area contributed by atoms with Crippen molar-refractivity contribution in [1.82, 2.24) is 9.44 Å². The maximum absolute atomic E-state index is 12.1. The number of carbonyl (C=O) groups excluding carboxylic acids is 1. The summed E-state index contributed by atoms with van der Waals surface area (Å²) in [6.45, 7) is 6.05. The van der Waals surface area contributed by atoms with Gasteiger partial charge in [-0.25, -0.2) is 4.72 Å². The Morgan fingerprint density at radius 1 is 1.19 bits per heavy atom. The Labute approximate surface area is 159 Å². The average Bonchev–Trinajstić information content (AvgIpc) is 3.08. The lowest BCUT2D eigenvalue weighted by Gasteiger charge is -2.09. The van der Waals surface area contributed by atoms with Crippen LogP contribution in [-0.2, 0) is 21.4 Å². The number of thiophene rings is 1. The summed E-state index contributed by atoms with van der Waals surface area (Å²) in [6.07, 6.45) is 2.25. The Hall–Kier alpha value is -1.96. The molecule has 0 radical (unpaired) electrons. The van der Waals surface area contributed by atoms with Crippen molar-refractivity contribution < 1.29 is 13.2 Å². The van der Waals surface area contributed by atoms with Gasteiger partial charge >= 0.3 is 10.2 Å². The van der Waals surface area contributed by atoms with Gasteiger partial charge in [0.1, 0.15) is 0 Å². The van der Waals surface area contributed by atoms with E-state index in [2.05, 4.69) is 18.6 Å². The Morgan fingerprint density at radius 2 is 1.88 bits per heavy atom. The predicted octanol–water partition coefficient (Wildman–Crippen LogP) is 3.47. The van der Waals surface area contributed by atoms with Crippen LogP contribution in [0, 0.1) is 0 Å². The number of nitrogens with one attached hydrogen (secondary N) is 2. The third kappa shape index (κ3) is 6.40. The molecule has 140 valence electrons. The van der Waals surface area contributed by atoms with Crippen molar-refractivity contribution >= 4 is 33.5 Å². The van der Waals surface area contributed by atoms with Gasteiger partial charge in [0.25, 0.3) is 5.91 Å². The molecule has 1 aromatic carbocycles. The Bertz CT molecular complexity index is 853. The molecule has 0 bridgehead atoms. The highest BCUT2D eigenvalue weighted by Crippen LogP contribution is 2.16. The van der Waals surface area contributed by atoms with Crippen LogP contribution in [0.4, 0.5) is 0 Å². The Kier molecular flexibility index (Phi) is 7.14. The summed E-state index contributed by atoms with van der Waals surface area (Å²) in [7, 11) is -3.88. The molecule has 5 nitrogen and oxygen atoms in total. The smallest absolute Gasteiger partial charge is 0.269 e. The van der Waals surface area contributed by atoms with Gasteiger partial charge in [-0.2, -0.15) is 13.1 Å². The van der Waals surface area contributed by atoms with Crippen molar-refractivity contribution in [1.29, 1.82) is 0 Å². The highest BCUT2D eigenvalue weighted by molar-refractivity contribution is 7.88. The van der Waals surface area contributed by atoms with Gasteiger partial charge in [-0.3, -0.25) is 4.79 Å². The lowest BCUT2D eigenvalue weighted by molar-refractivity contribution is -0.115. The van der Waals surface area contributed by atoms with Crippen LogP contribution in [0.15, 0.2) is 47.4 Å².